The van der Waals surface area contributed by atoms with Crippen molar-refractivity contribution < 1.29 is 0 Å². The van der Waals surface area contributed by atoms with Crippen LogP contribution in [-0.4, -0.2) is 3.92 Å². The number of halogens is 1. The van der Waals surface area contributed by atoms with Crippen molar-refractivity contribution in [3.63, 3.8) is 0 Å². The first kappa shape index (κ1) is 6.44. The summed E-state index contributed by atoms with van der Waals surface area (Å²) in [7, 11) is 0. The van der Waals surface area contributed by atoms with Crippen molar-refractivity contribution in [1.29, 1.82) is 0 Å². The summed E-state index contributed by atoms with van der Waals surface area (Å²) in [6, 6.07) is 0. The second kappa shape index (κ2) is 2.11. The maximum atomic E-state index is 2.59. The molecule has 3 fully saturated rings. The van der Waals surface area contributed by atoms with Gasteiger partial charge in [0.1, 0.15) is 0 Å². The highest BCUT2D eigenvalue weighted by Crippen LogP contribution is 2.54. The lowest BCUT2D eigenvalue weighted by molar-refractivity contribution is 0.276. The number of fused-ring (bicyclic) bond motifs is 1. The first-order valence-corrected chi connectivity index (χ1v) is 5.16. The Morgan fingerprint density at radius 2 is 2.00 bits per heavy atom. The second-order valence-corrected chi connectivity index (χ2v) is 5.64. The van der Waals surface area contributed by atoms with Crippen molar-refractivity contribution in [3.05, 3.63) is 0 Å². The van der Waals surface area contributed by atoms with Gasteiger partial charge >= 0.3 is 0 Å². The van der Waals surface area contributed by atoms with Gasteiger partial charge in [0.05, 0.1) is 0 Å². The Hall–Kier alpha value is 0.730. The van der Waals surface area contributed by atoms with Crippen LogP contribution in [-0.2, 0) is 0 Å². The van der Waals surface area contributed by atoms with Crippen LogP contribution in [0.1, 0.15) is 26.2 Å². The van der Waals surface area contributed by atoms with Crippen LogP contribution >= 0.6 is 22.6 Å². The Morgan fingerprint density at radius 1 is 1.33 bits per heavy atom. The summed E-state index contributed by atoms with van der Waals surface area (Å²) in [5.41, 5.74) is 0. The van der Waals surface area contributed by atoms with Gasteiger partial charge in [-0.2, -0.15) is 0 Å². The lowest BCUT2D eigenvalue weighted by atomic mass is 9.82. The zero-order valence-electron chi connectivity index (χ0n) is 5.81. The molecule has 3 saturated carbocycles. The SMILES string of the molecule is CC(I)C1CC2CC1C2. The van der Waals surface area contributed by atoms with E-state index in [4.69, 9.17) is 0 Å². The fourth-order valence-electron chi connectivity index (χ4n) is 2.47. The highest BCUT2D eigenvalue weighted by atomic mass is 127. The van der Waals surface area contributed by atoms with Gasteiger partial charge in [0.25, 0.3) is 0 Å². The molecule has 0 amide bonds. The van der Waals surface area contributed by atoms with Crippen molar-refractivity contribution in [2.45, 2.75) is 30.1 Å². The van der Waals surface area contributed by atoms with Crippen LogP contribution in [0.25, 0.3) is 0 Å². The molecule has 2 bridgehead atoms. The molecule has 0 heterocycles. The average molecular weight is 236 g/mol. The molecule has 1 heteroatoms. The molecule has 2 unspecified atom stereocenters. The molecule has 3 aliphatic carbocycles. The van der Waals surface area contributed by atoms with E-state index in [9.17, 15) is 0 Å². The predicted octanol–water partition coefficient (Wildman–Crippen LogP) is 2.86. The number of hydrogen-bond donors (Lipinski definition) is 0. The normalized spacial score (nSPS) is 50.7. The topological polar surface area (TPSA) is 0 Å². The number of hydrogen-bond acceptors (Lipinski definition) is 0. The Labute approximate surface area is 70.5 Å². The van der Waals surface area contributed by atoms with Gasteiger partial charge in [0, 0.05) is 3.92 Å². The molecule has 3 rings (SSSR count). The minimum absolute atomic E-state index is 0.931. The molecule has 52 valence electrons. The van der Waals surface area contributed by atoms with Gasteiger partial charge in [0.2, 0.25) is 0 Å². The molecular formula is C8H13I. The van der Waals surface area contributed by atoms with Gasteiger partial charge < -0.3 is 0 Å². The molecule has 0 aliphatic heterocycles. The van der Waals surface area contributed by atoms with Gasteiger partial charge in [-0.3, -0.25) is 0 Å². The number of rotatable bonds is 1. The standard InChI is InChI=1S/C8H13I/c1-5(9)8-4-6-2-7(8)3-6/h5-8H,2-4H2,1H3. The van der Waals surface area contributed by atoms with Crippen LogP contribution in [0.15, 0.2) is 0 Å². The van der Waals surface area contributed by atoms with Crippen LogP contribution in [0, 0.1) is 17.8 Å². The lowest BCUT2D eigenvalue weighted by Crippen LogP contribution is -2.17. The molecule has 9 heavy (non-hydrogen) atoms. The van der Waals surface area contributed by atoms with Crippen LogP contribution in [0.3, 0.4) is 0 Å². The second-order valence-electron chi connectivity index (χ2n) is 3.67. The highest BCUT2D eigenvalue weighted by molar-refractivity contribution is 14.1. The molecule has 0 saturated heterocycles. The van der Waals surface area contributed by atoms with Gasteiger partial charge in [0.15, 0.2) is 0 Å². The van der Waals surface area contributed by atoms with Crippen molar-refractivity contribution in [2.75, 3.05) is 0 Å². The largest absolute Gasteiger partial charge is 0.0826 e. The highest BCUT2D eigenvalue weighted by Gasteiger charge is 2.45. The first-order valence-electron chi connectivity index (χ1n) is 3.91. The fraction of sp³-hybridized carbons (Fsp3) is 1.00. The van der Waals surface area contributed by atoms with Gasteiger partial charge in [-0.25, -0.2) is 0 Å². The van der Waals surface area contributed by atoms with E-state index in [1.54, 1.807) is 19.3 Å². The zero-order chi connectivity index (χ0) is 6.43. The fourth-order valence-corrected chi connectivity index (χ4v) is 3.35. The molecule has 0 N–H and O–H groups in total. The number of alkyl halides is 1. The monoisotopic (exact) mass is 236 g/mol. The zero-order valence-corrected chi connectivity index (χ0v) is 7.97. The Morgan fingerprint density at radius 3 is 2.22 bits per heavy atom. The van der Waals surface area contributed by atoms with Gasteiger partial charge in [-0.1, -0.05) is 29.5 Å². The van der Waals surface area contributed by atoms with E-state index in [0.29, 0.717) is 0 Å². The summed E-state index contributed by atoms with van der Waals surface area (Å²) in [5.74, 6) is 3.38. The summed E-state index contributed by atoms with van der Waals surface area (Å²) >= 11 is 2.59. The third kappa shape index (κ3) is 0.920. The van der Waals surface area contributed by atoms with E-state index in [0.717, 1.165) is 21.7 Å². The molecule has 0 spiro atoms. The van der Waals surface area contributed by atoms with Crippen molar-refractivity contribution in [3.8, 4) is 0 Å². The quantitative estimate of drug-likeness (QED) is 0.485. The molecule has 0 nitrogen and oxygen atoms in total. The Bertz CT molecular complexity index is 114. The van der Waals surface area contributed by atoms with E-state index < -0.39 is 0 Å². The predicted molar refractivity (Wildman–Crippen MR) is 47.8 cm³/mol. The maximum Gasteiger partial charge on any atom is 0.0112 e. The summed E-state index contributed by atoms with van der Waals surface area (Å²) in [6.07, 6.45) is 4.69. The molecule has 0 aromatic carbocycles. The van der Waals surface area contributed by atoms with E-state index >= 15 is 0 Å². The third-order valence-electron chi connectivity index (χ3n) is 3.07. The average Bonchev–Trinajstić information content (AvgIpc) is 2.12. The summed E-state index contributed by atoms with van der Waals surface area (Å²) < 4.78 is 0.931. The van der Waals surface area contributed by atoms with E-state index in [1.807, 2.05) is 0 Å². The van der Waals surface area contributed by atoms with Crippen LogP contribution in [0.2, 0.25) is 0 Å². The molecular weight excluding hydrogens is 223 g/mol. The Balaban J connectivity index is 2.00. The minimum atomic E-state index is 0.931. The van der Waals surface area contributed by atoms with E-state index in [-0.39, 0.29) is 0 Å². The van der Waals surface area contributed by atoms with Crippen LogP contribution in [0.4, 0.5) is 0 Å². The van der Waals surface area contributed by atoms with Gasteiger partial charge in [-0.15, -0.1) is 0 Å². The summed E-state index contributed by atoms with van der Waals surface area (Å²) in [4.78, 5) is 0. The molecule has 2 atom stereocenters. The van der Waals surface area contributed by atoms with E-state index in [2.05, 4.69) is 29.5 Å². The summed E-state index contributed by atoms with van der Waals surface area (Å²) in [6.45, 7) is 2.37. The molecule has 0 aromatic heterocycles. The summed E-state index contributed by atoms with van der Waals surface area (Å²) in [5, 5.41) is 0. The smallest absolute Gasteiger partial charge is 0.0112 e. The minimum Gasteiger partial charge on any atom is -0.0826 e. The third-order valence-corrected chi connectivity index (χ3v) is 4.00. The molecule has 0 radical (unpaired) electrons. The Kier molecular flexibility index (Phi) is 1.51. The van der Waals surface area contributed by atoms with Crippen LogP contribution in [0.5, 0.6) is 0 Å². The van der Waals surface area contributed by atoms with Crippen molar-refractivity contribution >= 4 is 22.6 Å². The van der Waals surface area contributed by atoms with Crippen molar-refractivity contribution in [2.24, 2.45) is 17.8 Å². The van der Waals surface area contributed by atoms with E-state index in [1.165, 1.54) is 0 Å². The van der Waals surface area contributed by atoms with Crippen LogP contribution < -0.4 is 0 Å². The van der Waals surface area contributed by atoms with Gasteiger partial charge in [-0.05, 0) is 37.0 Å². The molecule has 3 aliphatic rings. The first-order chi connectivity index (χ1) is 4.27. The maximum absolute atomic E-state index is 2.59. The van der Waals surface area contributed by atoms with Crippen molar-refractivity contribution in [1.82, 2.24) is 0 Å². The lowest BCUT2D eigenvalue weighted by Gasteiger charge is -2.25. The molecule has 0 aromatic rings.